The van der Waals surface area contributed by atoms with Crippen molar-refractivity contribution in [3.8, 4) is 5.75 Å². The molecule has 1 heterocycles. The van der Waals surface area contributed by atoms with Crippen LogP contribution in [-0.4, -0.2) is 66.4 Å². The number of nitrogens with zero attached hydrogens (tertiary/aromatic N) is 1. The fourth-order valence-electron chi connectivity index (χ4n) is 2.29. The van der Waals surface area contributed by atoms with E-state index >= 15 is 0 Å². The lowest BCUT2D eigenvalue weighted by atomic mass is 10.2. The van der Waals surface area contributed by atoms with Crippen molar-refractivity contribution in [1.29, 1.82) is 0 Å². The first-order valence-electron chi connectivity index (χ1n) is 8.47. The van der Waals surface area contributed by atoms with E-state index in [0.29, 0.717) is 25.1 Å². The summed E-state index contributed by atoms with van der Waals surface area (Å²) in [5, 5.41) is 10.9. The Morgan fingerprint density at radius 2 is 2.10 bits per heavy atom. The Balaban J connectivity index is 2.01. The average molecular weight is 443 g/mol. The van der Waals surface area contributed by atoms with Gasteiger partial charge in [0.25, 0.3) is 11.1 Å². The Labute approximate surface area is 176 Å². The number of rotatable bonds is 10. The summed E-state index contributed by atoms with van der Waals surface area (Å²) < 4.78 is 9.91. The van der Waals surface area contributed by atoms with Crippen molar-refractivity contribution in [3.05, 3.63) is 33.7 Å². The minimum absolute atomic E-state index is 0.150. The summed E-state index contributed by atoms with van der Waals surface area (Å²) in [6, 6.07) is 4.52. The number of hydrogen-bond donors (Lipinski definition) is 2. The molecule has 1 aromatic rings. The van der Waals surface area contributed by atoms with Gasteiger partial charge in [0, 0.05) is 20.3 Å². The Hall–Kier alpha value is -2.56. The van der Waals surface area contributed by atoms with Gasteiger partial charge in [0.15, 0.2) is 6.61 Å². The number of imide groups is 1. The molecule has 1 aliphatic heterocycles. The number of hydrogen-bond acceptors (Lipinski definition) is 7. The van der Waals surface area contributed by atoms with E-state index in [9.17, 15) is 19.2 Å². The second-order valence-corrected chi connectivity index (χ2v) is 7.24. The highest BCUT2D eigenvalue weighted by Crippen LogP contribution is 2.33. The van der Waals surface area contributed by atoms with Crippen LogP contribution in [0, 0.1) is 0 Å². The van der Waals surface area contributed by atoms with Crippen molar-refractivity contribution >= 4 is 52.5 Å². The van der Waals surface area contributed by atoms with E-state index in [2.05, 4.69) is 5.32 Å². The molecule has 0 bridgehead atoms. The van der Waals surface area contributed by atoms with Crippen molar-refractivity contribution in [1.82, 2.24) is 10.2 Å². The minimum Gasteiger partial charge on any atom is -0.480 e. The van der Waals surface area contributed by atoms with Gasteiger partial charge in [-0.1, -0.05) is 17.7 Å². The molecule has 0 radical (unpaired) electrons. The van der Waals surface area contributed by atoms with Gasteiger partial charge in [-0.3, -0.25) is 19.3 Å². The van der Waals surface area contributed by atoms with E-state index in [1.165, 1.54) is 18.2 Å². The lowest BCUT2D eigenvalue weighted by Crippen LogP contribution is -2.39. The molecule has 1 saturated heterocycles. The van der Waals surface area contributed by atoms with Gasteiger partial charge < -0.3 is 19.9 Å². The molecule has 11 heteroatoms. The third kappa shape index (κ3) is 6.77. The molecule has 0 saturated carbocycles. The van der Waals surface area contributed by atoms with Crippen LogP contribution in [0.3, 0.4) is 0 Å². The quantitative estimate of drug-likeness (QED) is 0.416. The molecule has 1 aliphatic rings. The van der Waals surface area contributed by atoms with Crippen LogP contribution >= 0.6 is 23.4 Å². The third-order valence-electron chi connectivity index (χ3n) is 3.63. The van der Waals surface area contributed by atoms with Crippen LogP contribution in [0.5, 0.6) is 5.75 Å². The molecule has 0 spiro atoms. The molecule has 0 unspecified atom stereocenters. The fourth-order valence-corrected chi connectivity index (χ4v) is 3.38. The first-order chi connectivity index (χ1) is 13.8. The van der Waals surface area contributed by atoms with Gasteiger partial charge >= 0.3 is 5.97 Å². The zero-order valence-electron chi connectivity index (χ0n) is 15.5. The Morgan fingerprint density at radius 1 is 1.34 bits per heavy atom. The van der Waals surface area contributed by atoms with Gasteiger partial charge in [0.1, 0.15) is 12.3 Å². The van der Waals surface area contributed by atoms with E-state index in [-0.39, 0.29) is 22.2 Å². The summed E-state index contributed by atoms with van der Waals surface area (Å²) >= 11 is 6.77. The number of thioether (sulfide) groups is 1. The maximum Gasteiger partial charge on any atom is 0.341 e. The second-order valence-electron chi connectivity index (χ2n) is 5.84. The highest BCUT2D eigenvalue weighted by Gasteiger charge is 2.36. The molecule has 1 aromatic carbocycles. The first-order valence-corrected chi connectivity index (χ1v) is 9.66. The first kappa shape index (κ1) is 22.7. The Bertz CT molecular complexity index is 843. The summed E-state index contributed by atoms with van der Waals surface area (Å²) in [6.45, 7) is -0.0238. The molecule has 2 N–H and O–H groups in total. The maximum absolute atomic E-state index is 12.5. The summed E-state index contributed by atoms with van der Waals surface area (Å²) in [5.74, 6) is -1.96. The molecular formula is C18H19ClN2O7S. The number of ether oxygens (including phenoxy) is 2. The van der Waals surface area contributed by atoms with Crippen LogP contribution in [-0.2, 0) is 19.1 Å². The van der Waals surface area contributed by atoms with Gasteiger partial charge in [-0.2, -0.15) is 0 Å². The highest BCUT2D eigenvalue weighted by molar-refractivity contribution is 8.18. The molecular weight excluding hydrogens is 424 g/mol. The number of methoxy groups -OCH3 is 1. The molecule has 2 rings (SSSR count). The highest BCUT2D eigenvalue weighted by atomic mass is 35.5. The predicted octanol–water partition coefficient (Wildman–Crippen LogP) is 1.99. The Morgan fingerprint density at radius 3 is 2.76 bits per heavy atom. The van der Waals surface area contributed by atoms with Crippen LogP contribution in [0.15, 0.2) is 23.1 Å². The topological polar surface area (TPSA) is 122 Å². The largest absolute Gasteiger partial charge is 0.480 e. The van der Waals surface area contributed by atoms with Crippen molar-refractivity contribution < 1.29 is 33.8 Å². The zero-order chi connectivity index (χ0) is 21.4. The molecule has 3 amide bonds. The van der Waals surface area contributed by atoms with E-state index < -0.39 is 29.6 Å². The number of carboxylic acids is 1. The second kappa shape index (κ2) is 10.8. The molecule has 0 aliphatic carbocycles. The van der Waals surface area contributed by atoms with Crippen LogP contribution < -0.4 is 10.1 Å². The average Bonchev–Trinajstić information content (AvgIpc) is 2.92. The number of carbonyl (C=O) groups is 4. The van der Waals surface area contributed by atoms with Crippen molar-refractivity contribution in [2.45, 2.75) is 6.42 Å². The van der Waals surface area contributed by atoms with Crippen LogP contribution in [0.1, 0.15) is 12.0 Å². The summed E-state index contributed by atoms with van der Waals surface area (Å²) in [6.07, 6.45) is 2.09. The number of benzene rings is 1. The van der Waals surface area contributed by atoms with Gasteiger partial charge in [0.2, 0.25) is 5.91 Å². The number of aliphatic carboxylic acids is 1. The molecule has 1 fully saturated rings. The summed E-state index contributed by atoms with van der Waals surface area (Å²) in [4.78, 5) is 48.0. The molecule has 0 aromatic heterocycles. The number of halogens is 1. The van der Waals surface area contributed by atoms with E-state index in [1.807, 2.05) is 0 Å². The molecule has 29 heavy (non-hydrogen) atoms. The van der Waals surface area contributed by atoms with Crippen LogP contribution in [0.25, 0.3) is 6.08 Å². The molecule has 0 atom stereocenters. The normalized spacial score (nSPS) is 15.1. The maximum atomic E-state index is 12.5. The number of carboxylic acid groups (broad SMARTS) is 1. The smallest absolute Gasteiger partial charge is 0.341 e. The van der Waals surface area contributed by atoms with Crippen molar-refractivity contribution in [3.63, 3.8) is 0 Å². The van der Waals surface area contributed by atoms with E-state index in [0.717, 1.165) is 16.7 Å². The number of amides is 3. The van der Waals surface area contributed by atoms with Crippen LogP contribution in [0.4, 0.5) is 4.79 Å². The lowest BCUT2D eigenvalue weighted by molar-refractivity contribution is -0.139. The zero-order valence-corrected chi connectivity index (χ0v) is 17.0. The molecule has 156 valence electrons. The fraction of sp³-hybridized carbons (Fsp3) is 0.333. The van der Waals surface area contributed by atoms with E-state index in [1.54, 1.807) is 13.2 Å². The van der Waals surface area contributed by atoms with Gasteiger partial charge in [-0.15, -0.1) is 0 Å². The number of nitrogens with one attached hydrogen (secondary N) is 1. The van der Waals surface area contributed by atoms with Gasteiger partial charge in [-0.25, -0.2) is 4.79 Å². The van der Waals surface area contributed by atoms with E-state index in [4.69, 9.17) is 26.2 Å². The van der Waals surface area contributed by atoms with Crippen molar-refractivity contribution in [2.24, 2.45) is 0 Å². The Kier molecular flexibility index (Phi) is 8.50. The lowest BCUT2D eigenvalue weighted by Gasteiger charge is -2.12. The molecule has 9 nitrogen and oxygen atoms in total. The van der Waals surface area contributed by atoms with Crippen molar-refractivity contribution in [2.75, 3.05) is 33.4 Å². The summed E-state index contributed by atoms with van der Waals surface area (Å²) in [5.41, 5.74) is 0.521. The van der Waals surface area contributed by atoms with Gasteiger partial charge in [0.05, 0.1) is 9.93 Å². The summed E-state index contributed by atoms with van der Waals surface area (Å²) in [7, 11) is 1.55. The number of carbonyl (C=O) groups excluding carboxylic acids is 3. The standard InChI is InChI=1S/C18H19ClN2O7S/c1-27-6-2-5-20-15(22)9-21-17(25)14(29-18(21)26)8-11-3-4-13(12(19)7-11)28-10-16(23)24/h3-4,7-8H,2,5-6,9-10H2,1H3,(H,20,22)(H,23,24)/b14-8-. The third-order valence-corrected chi connectivity index (χ3v) is 4.83. The van der Waals surface area contributed by atoms with Gasteiger partial charge in [-0.05, 0) is 42.0 Å². The van der Waals surface area contributed by atoms with Crippen LogP contribution in [0.2, 0.25) is 5.02 Å². The SMILES string of the molecule is COCCCNC(=O)CN1C(=O)S/C(=C\c2ccc(OCC(=O)O)c(Cl)c2)C1=O. The monoisotopic (exact) mass is 442 g/mol. The predicted molar refractivity (Wildman–Crippen MR) is 107 cm³/mol. The minimum atomic E-state index is -1.14.